The topological polar surface area (TPSA) is 75.7 Å². The Morgan fingerprint density at radius 2 is 2.04 bits per heavy atom. The minimum atomic E-state index is -3.87. The largest absolute Gasteiger partial charge is 0.482 e. The molecular formula is C17H15ClN2O4S. The number of hydrogen-bond donors (Lipinski definition) is 1. The van der Waals surface area contributed by atoms with Gasteiger partial charge in [-0.05, 0) is 31.0 Å². The first-order chi connectivity index (χ1) is 11.9. The summed E-state index contributed by atoms with van der Waals surface area (Å²) in [7, 11) is -3.87. The molecule has 2 aliphatic heterocycles. The molecule has 130 valence electrons. The molecule has 8 heteroatoms. The monoisotopic (exact) mass is 378 g/mol. The Balaban J connectivity index is 1.83. The quantitative estimate of drug-likeness (QED) is 0.871. The van der Waals surface area contributed by atoms with E-state index in [-0.39, 0.29) is 28.5 Å². The molecule has 0 saturated carbocycles. The highest BCUT2D eigenvalue weighted by Crippen LogP contribution is 2.41. The molecule has 0 bridgehead atoms. The standard InChI is InChI=1S/C17H15ClN2O4S/c1-10-6-11-4-2-3-5-14(11)20(10)25(22,23)16-8-15-13(7-12(16)18)19-17(21)9-24-15/h2-5,7-8,10H,6,9H2,1H3,(H,19,21)/t10-/m0/s1. The Morgan fingerprint density at radius 1 is 1.28 bits per heavy atom. The highest BCUT2D eigenvalue weighted by atomic mass is 35.5. The predicted molar refractivity (Wildman–Crippen MR) is 94.8 cm³/mol. The van der Waals surface area contributed by atoms with Crippen LogP contribution in [0.25, 0.3) is 0 Å². The zero-order chi connectivity index (χ0) is 17.8. The molecule has 0 aliphatic carbocycles. The van der Waals surface area contributed by atoms with Crippen molar-refractivity contribution in [1.82, 2.24) is 0 Å². The van der Waals surface area contributed by atoms with Crippen LogP contribution >= 0.6 is 11.6 Å². The Kier molecular flexibility index (Phi) is 3.66. The van der Waals surface area contributed by atoms with Gasteiger partial charge in [0.25, 0.3) is 15.9 Å². The molecule has 0 aromatic heterocycles. The molecule has 0 saturated heterocycles. The van der Waals surface area contributed by atoms with E-state index < -0.39 is 10.0 Å². The van der Waals surface area contributed by atoms with Gasteiger partial charge in [0.1, 0.15) is 10.6 Å². The Hall–Kier alpha value is -2.25. The van der Waals surface area contributed by atoms with E-state index in [4.69, 9.17) is 16.3 Å². The summed E-state index contributed by atoms with van der Waals surface area (Å²) in [6.45, 7) is 1.71. The maximum Gasteiger partial charge on any atom is 0.266 e. The molecule has 2 aromatic rings. The fourth-order valence-electron chi connectivity index (χ4n) is 3.29. The molecule has 2 aromatic carbocycles. The number of carbonyl (C=O) groups is 1. The fraction of sp³-hybridized carbons (Fsp3) is 0.235. The normalized spacial score (nSPS) is 19.0. The van der Waals surface area contributed by atoms with Crippen LogP contribution in [0, 0.1) is 0 Å². The predicted octanol–water partition coefficient (Wildman–Crippen LogP) is 2.81. The summed E-state index contributed by atoms with van der Waals surface area (Å²) in [5.41, 5.74) is 2.02. The van der Waals surface area contributed by atoms with Gasteiger partial charge in [-0.2, -0.15) is 0 Å². The summed E-state index contributed by atoms with van der Waals surface area (Å²) < 4.78 is 33.3. The van der Waals surface area contributed by atoms with Crippen molar-refractivity contribution in [2.24, 2.45) is 0 Å². The molecule has 0 spiro atoms. The SMILES string of the molecule is C[C@H]1Cc2ccccc2N1S(=O)(=O)c1cc2c(cc1Cl)NC(=O)CO2. The smallest absolute Gasteiger partial charge is 0.266 e. The number of amides is 1. The van der Waals surface area contributed by atoms with Crippen molar-refractivity contribution >= 4 is 38.9 Å². The van der Waals surface area contributed by atoms with Crippen LogP contribution in [-0.4, -0.2) is 27.0 Å². The first-order valence-corrected chi connectivity index (χ1v) is 9.58. The van der Waals surface area contributed by atoms with Crippen molar-refractivity contribution in [3.05, 3.63) is 47.0 Å². The molecular weight excluding hydrogens is 364 g/mol. The number of carbonyl (C=O) groups excluding carboxylic acids is 1. The molecule has 0 fully saturated rings. The van der Waals surface area contributed by atoms with Crippen molar-refractivity contribution in [3.8, 4) is 5.75 Å². The average Bonchev–Trinajstić information content (AvgIpc) is 2.90. The molecule has 1 N–H and O–H groups in total. The lowest BCUT2D eigenvalue weighted by molar-refractivity contribution is -0.118. The number of hydrogen-bond acceptors (Lipinski definition) is 4. The molecule has 1 amide bonds. The molecule has 2 heterocycles. The van der Waals surface area contributed by atoms with Crippen molar-refractivity contribution < 1.29 is 17.9 Å². The number of benzene rings is 2. The van der Waals surface area contributed by atoms with Crippen molar-refractivity contribution in [3.63, 3.8) is 0 Å². The number of nitrogens with one attached hydrogen (secondary N) is 1. The molecule has 4 rings (SSSR count). The highest BCUT2D eigenvalue weighted by Gasteiger charge is 2.37. The molecule has 1 atom stereocenters. The molecule has 0 radical (unpaired) electrons. The van der Waals surface area contributed by atoms with Gasteiger partial charge < -0.3 is 10.1 Å². The average molecular weight is 379 g/mol. The van der Waals surface area contributed by atoms with E-state index >= 15 is 0 Å². The number of sulfonamides is 1. The molecule has 25 heavy (non-hydrogen) atoms. The van der Waals surface area contributed by atoms with E-state index in [1.54, 1.807) is 6.07 Å². The minimum Gasteiger partial charge on any atom is -0.482 e. The van der Waals surface area contributed by atoms with Crippen LogP contribution in [0.5, 0.6) is 5.75 Å². The summed E-state index contributed by atoms with van der Waals surface area (Å²) in [6, 6.07) is 9.99. The van der Waals surface area contributed by atoms with Crippen LogP contribution < -0.4 is 14.4 Å². The van der Waals surface area contributed by atoms with Gasteiger partial charge in [0.05, 0.1) is 16.4 Å². The van der Waals surface area contributed by atoms with E-state index in [1.165, 1.54) is 16.4 Å². The Bertz CT molecular complexity index is 990. The van der Waals surface area contributed by atoms with Gasteiger partial charge in [-0.1, -0.05) is 29.8 Å². The third-order valence-corrected chi connectivity index (χ3v) is 6.74. The van der Waals surface area contributed by atoms with Crippen LogP contribution in [0.4, 0.5) is 11.4 Å². The van der Waals surface area contributed by atoms with E-state index in [9.17, 15) is 13.2 Å². The first-order valence-electron chi connectivity index (χ1n) is 7.76. The van der Waals surface area contributed by atoms with Gasteiger partial charge in [-0.15, -0.1) is 0 Å². The maximum atomic E-state index is 13.3. The van der Waals surface area contributed by atoms with Gasteiger partial charge in [0.15, 0.2) is 6.61 Å². The number of rotatable bonds is 2. The van der Waals surface area contributed by atoms with Crippen LogP contribution in [0.2, 0.25) is 5.02 Å². The zero-order valence-electron chi connectivity index (χ0n) is 13.3. The number of nitrogens with zero attached hydrogens (tertiary/aromatic N) is 1. The molecule has 2 aliphatic rings. The van der Waals surface area contributed by atoms with Gasteiger partial charge in [0, 0.05) is 12.1 Å². The zero-order valence-corrected chi connectivity index (χ0v) is 14.9. The van der Waals surface area contributed by atoms with Crippen LogP contribution in [0.3, 0.4) is 0 Å². The molecule has 0 unspecified atom stereocenters. The van der Waals surface area contributed by atoms with Gasteiger partial charge in [-0.3, -0.25) is 9.10 Å². The van der Waals surface area contributed by atoms with Gasteiger partial charge >= 0.3 is 0 Å². The highest BCUT2D eigenvalue weighted by molar-refractivity contribution is 7.93. The van der Waals surface area contributed by atoms with Crippen molar-refractivity contribution in [2.45, 2.75) is 24.3 Å². The van der Waals surface area contributed by atoms with E-state index in [0.717, 1.165) is 5.56 Å². The van der Waals surface area contributed by atoms with Gasteiger partial charge in [-0.25, -0.2) is 8.42 Å². The lowest BCUT2D eigenvalue weighted by Gasteiger charge is -2.26. The van der Waals surface area contributed by atoms with Crippen LogP contribution in [-0.2, 0) is 21.2 Å². The Morgan fingerprint density at radius 3 is 2.84 bits per heavy atom. The summed E-state index contributed by atoms with van der Waals surface area (Å²) in [6.07, 6.45) is 0.643. The number of ether oxygens (including phenoxy) is 1. The van der Waals surface area contributed by atoms with E-state index in [1.807, 2.05) is 25.1 Å². The second-order valence-corrected chi connectivity index (χ2v) is 8.29. The number of anilines is 2. The third-order valence-electron chi connectivity index (χ3n) is 4.35. The van der Waals surface area contributed by atoms with Crippen molar-refractivity contribution in [2.75, 3.05) is 16.2 Å². The summed E-state index contributed by atoms with van der Waals surface area (Å²) in [5.74, 6) is -0.0102. The summed E-state index contributed by atoms with van der Waals surface area (Å²) >= 11 is 6.23. The second-order valence-electron chi connectivity index (χ2n) is 6.10. The Labute approximate surface area is 150 Å². The second kappa shape index (κ2) is 5.64. The number of halogens is 1. The van der Waals surface area contributed by atoms with Crippen molar-refractivity contribution in [1.29, 1.82) is 0 Å². The van der Waals surface area contributed by atoms with E-state index in [2.05, 4.69) is 5.32 Å². The van der Waals surface area contributed by atoms with E-state index in [0.29, 0.717) is 23.5 Å². The van der Waals surface area contributed by atoms with Gasteiger partial charge in [0.2, 0.25) is 0 Å². The number of para-hydroxylation sites is 1. The van der Waals surface area contributed by atoms with Crippen LogP contribution in [0.15, 0.2) is 41.3 Å². The fourth-order valence-corrected chi connectivity index (χ4v) is 5.50. The maximum absolute atomic E-state index is 13.3. The summed E-state index contributed by atoms with van der Waals surface area (Å²) in [4.78, 5) is 11.4. The number of fused-ring (bicyclic) bond motifs is 2. The first kappa shape index (κ1) is 16.2. The lowest BCUT2D eigenvalue weighted by Crippen LogP contribution is -2.36. The lowest BCUT2D eigenvalue weighted by atomic mass is 10.1. The summed E-state index contributed by atoms with van der Waals surface area (Å²) in [5, 5.41) is 2.66. The third kappa shape index (κ3) is 2.54. The van der Waals surface area contributed by atoms with Crippen LogP contribution in [0.1, 0.15) is 12.5 Å². The molecule has 6 nitrogen and oxygen atoms in total. The minimum absolute atomic E-state index is 0.0346.